The molecule has 0 unspecified atom stereocenters. The summed E-state index contributed by atoms with van der Waals surface area (Å²) in [5.74, 6) is 0. The Morgan fingerprint density at radius 3 is 2.70 bits per heavy atom. The van der Waals surface area contributed by atoms with Gasteiger partial charge in [0.05, 0.1) is 11.7 Å². The lowest BCUT2D eigenvalue weighted by Crippen LogP contribution is -2.30. The molecule has 1 aliphatic heterocycles. The first kappa shape index (κ1) is 13.8. The molecular weight excluding hydrogens is 314 g/mol. The zero-order valence-electron chi connectivity index (χ0n) is 12.0. The average molecular weight is 334 g/mol. The van der Waals surface area contributed by atoms with Crippen molar-refractivity contribution in [2.45, 2.75) is 32.7 Å². The van der Waals surface area contributed by atoms with Crippen molar-refractivity contribution in [3.05, 3.63) is 40.1 Å². The van der Waals surface area contributed by atoms with Gasteiger partial charge >= 0.3 is 0 Å². The molecule has 0 radical (unpaired) electrons. The summed E-state index contributed by atoms with van der Waals surface area (Å²) in [6.07, 6.45) is 2.33. The molecule has 2 aromatic rings. The predicted octanol–water partition coefficient (Wildman–Crippen LogP) is 3.85. The summed E-state index contributed by atoms with van der Waals surface area (Å²) >= 11 is 3.56. The van der Waals surface area contributed by atoms with Gasteiger partial charge in [-0.3, -0.25) is 4.68 Å². The molecule has 0 saturated carbocycles. The van der Waals surface area contributed by atoms with Crippen LogP contribution in [0.5, 0.6) is 0 Å². The maximum Gasteiger partial charge on any atom is 0.0675 e. The van der Waals surface area contributed by atoms with Crippen molar-refractivity contribution >= 4 is 15.9 Å². The van der Waals surface area contributed by atoms with Crippen LogP contribution < -0.4 is 5.32 Å². The molecule has 3 rings (SSSR count). The molecule has 0 aliphatic carbocycles. The van der Waals surface area contributed by atoms with Gasteiger partial charge in [0.15, 0.2) is 0 Å². The van der Waals surface area contributed by atoms with E-state index in [1.54, 1.807) is 0 Å². The van der Waals surface area contributed by atoms with Crippen molar-refractivity contribution in [3.8, 4) is 11.1 Å². The van der Waals surface area contributed by atoms with Crippen molar-refractivity contribution in [1.82, 2.24) is 15.1 Å². The molecule has 2 heterocycles. The van der Waals surface area contributed by atoms with E-state index in [0.29, 0.717) is 6.04 Å². The Hall–Kier alpha value is -1.13. The number of benzene rings is 1. The maximum atomic E-state index is 4.81. The van der Waals surface area contributed by atoms with Gasteiger partial charge in [0, 0.05) is 15.7 Å². The fourth-order valence-electron chi connectivity index (χ4n) is 3.13. The van der Waals surface area contributed by atoms with E-state index >= 15 is 0 Å². The summed E-state index contributed by atoms with van der Waals surface area (Å²) in [5.41, 5.74) is 4.94. The van der Waals surface area contributed by atoms with Crippen molar-refractivity contribution in [2.75, 3.05) is 13.1 Å². The third-order valence-corrected chi connectivity index (χ3v) is 4.59. The molecule has 4 heteroatoms. The number of nitrogens with one attached hydrogen (secondary N) is 1. The Morgan fingerprint density at radius 1 is 1.25 bits per heavy atom. The van der Waals surface area contributed by atoms with Crippen LogP contribution in [-0.4, -0.2) is 22.9 Å². The number of rotatable bonds is 2. The van der Waals surface area contributed by atoms with Crippen LogP contribution >= 0.6 is 15.9 Å². The highest BCUT2D eigenvalue weighted by atomic mass is 79.9. The number of aryl methyl sites for hydroxylation is 1. The fraction of sp³-hybridized carbons (Fsp3) is 0.438. The van der Waals surface area contributed by atoms with Gasteiger partial charge in [-0.15, -0.1) is 0 Å². The number of hydrogen-bond acceptors (Lipinski definition) is 2. The van der Waals surface area contributed by atoms with Crippen LogP contribution in [0.2, 0.25) is 0 Å². The van der Waals surface area contributed by atoms with Crippen molar-refractivity contribution in [1.29, 1.82) is 0 Å². The summed E-state index contributed by atoms with van der Waals surface area (Å²) in [5, 5.41) is 8.23. The van der Waals surface area contributed by atoms with Crippen molar-refractivity contribution in [3.63, 3.8) is 0 Å². The van der Waals surface area contributed by atoms with E-state index in [-0.39, 0.29) is 0 Å². The first-order valence-corrected chi connectivity index (χ1v) is 7.98. The third-order valence-electron chi connectivity index (χ3n) is 4.09. The van der Waals surface area contributed by atoms with E-state index in [0.717, 1.165) is 23.3 Å². The number of nitrogens with zero attached hydrogens (tertiary/aromatic N) is 2. The summed E-state index contributed by atoms with van der Waals surface area (Å²) in [6, 6.07) is 9.01. The van der Waals surface area contributed by atoms with Gasteiger partial charge in [-0.2, -0.15) is 5.10 Å². The molecular formula is C16H20BrN3. The monoisotopic (exact) mass is 333 g/mol. The van der Waals surface area contributed by atoms with Crippen LogP contribution in [-0.2, 0) is 0 Å². The Bertz CT molecular complexity index is 612. The lowest BCUT2D eigenvalue weighted by Gasteiger charge is -2.24. The number of hydrogen-bond donors (Lipinski definition) is 1. The summed E-state index contributed by atoms with van der Waals surface area (Å²) < 4.78 is 3.36. The van der Waals surface area contributed by atoms with Crippen LogP contribution in [0.25, 0.3) is 11.1 Å². The van der Waals surface area contributed by atoms with E-state index in [1.807, 2.05) is 0 Å². The average Bonchev–Trinajstić information content (AvgIpc) is 2.75. The Balaban J connectivity index is 2.02. The quantitative estimate of drug-likeness (QED) is 0.904. The molecule has 1 saturated heterocycles. The van der Waals surface area contributed by atoms with E-state index in [2.05, 4.69) is 64.0 Å². The minimum Gasteiger partial charge on any atom is -0.317 e. The second-order valence-corrected chi connectivity index (χ2v) is 6.40. The van der Waals surface area contributed by atoms with E-state index < -0.39 is 0 Å². The topological polar surface area (TPSA) is 29.9 Å². The molecule has 3 nitrogen and oxygen atoms in total. The van der Waals surface area contributed by atoms with Gasteiger partial charge in [0.25, 0.3) is 0 Å². The minimum atomic E-state index is 0.538. The second kappa shape index (κ2) is 5.70. The predicted molar refractivity (Wildman–Crippen MR) is 86.0 cm³/mol. The Labute approximate surface area is 128 Å². The molecule has 1 aromatic heterocycles. The van der Waals surface area contributed by atoms with Gasteiger partial charge in [-0.05, 0) is 57.5 Å². The maximum absolute atomic E-state index is 4.81. The van der Waals surface area contributed by atoms with Crippen LogP contribution in [0.3, 0.4) is 0 Å². The lowest BCUT2D eigenvalue weighted by molar-refractivity contribution is 0.337. The Morgan fingerprint density at radius 2 is 2.00 bits per heavy atom. The highest BCUT2D eigenvalue weighted by Gasteiger charge is 2.21. The molecule has 1 N–H and O–H groups in total. The molecule has 0 atom stereocenters. The molecule has 0 bridgehead atoms. The summed E-state index contributed by atoms with van der Waals surface area (Å²) in [7, 11) is 0. The van der Waals surface area contributed by atoms with Crippen LogP contribution in [0.4, 0.5) is 0 Å². The highest BCUT2D eigenvalue weighted by Crippen LogP contribution is 2.31. The van der Waals surface area contributed by atoms with E-state index in [9.17, 15) is 0 Å². The number of aromatic nitrogens is 2. The minimum absolute atomic E-state index is 0.538. The summed E-state index contributed by atoms with van der Waals surface area (Å²) in [6.45, 7) is 6.49. The number of halogens is 1. The van der Waals surface area contributed by atoms with Crippen LogP contribution in [0, 0.1) is 13.8 Å². The second-order valence-electron chi connectivity index (χ2n) is 5.48. The van der Waals surface area contributed by atoms with Gasteiger partial charge in [0.1, 0.15) is 0 Å². The standard InChI is InChI=1S/C16H20BrN3/c1-11-16(13-4-3-5-14(17)10-13)12(2)20(19-11)15-6-8-18-9-7-15/h3-5,10,15,18H,6-9H2,1-2H3. The third kappa shape index (κ3) is 2.54. The van der Waals surface area contributed by atoms with Gasteiger partial charge in [-0.1, -0.05) is 28.1 Å². The molecule has 1 fully saturated rings. The van der Waals surface area contributed by atoms with Crippen molar-refractivity contribution < 1.29 is 0 Å². The van der Waals surface area contributed by atoms with Gasteiger partial charge in [-0.25, -0.2) is 0 Å². The SMILES string of the molecule is Cc1nn(C2CCNCC2)c(C)c1-c1cccc(Br)c1. The zero-order chi connectivity index (χ0) is 14.1. The smallest absolute Gasteiger partial charge is 0.0675 e. The van der Waals surface area contributed by atoms with Gasteiger partial charge < -0.3 is 5.32 Å². The first-order valence-electron chi connectivity index (χ1n) is 7.19. The molecule has 0 spiro atoms. The first-order chi connectivity index (χ1) is 9.66. The molecule has 1 aliphatic rings. The largest absolute Gasteiger partial charge is 0.317 e. The van der Waals surface area contributed by atoms with Crippen LogP contribution in [0.1, 0.15) is 30.3 Å². The molecule has 0 amide bonds. The molecule has 106 valence electrons. The molecule has 1 aromatic carbocycles. The summed E-state index contributed by atoms with van der Waals surface area (Å²) in [4.78, 5) is 0. The normalized spacial score (nSPS) is 16.6. The van der Waals surface area contributed by atoms with E-state index in [1.165, 1.54) is 29.7 Å². The van der Waals surface area contributed by atoms with Crippen LogP contribution in [0.15, 0.2) is 28.7 Å². The Kier molecular flexibility index (Phi) is 3.94. The number of piperidine rings is 1. The fourth-order valence-corrected chi connectivity index (χ4v) is 3.53. The highest BCUT2D eigenvalue weighted by molar-refractivity contribution is 9.10. The lowest BCUT2D eigenvalue weighted by atomic mass is 10.0. The van der Waals surface area contributed by atoms with Gasteiger partial charge in [0.2, 0.25) is 0 Å². The van der Waals surface area contributed by atoms with Crippen molar-refractivity contribution in [2.24, 2.45) is 0 Å². The zero-order valence-corrected chi connectivity index (χ0v) is 13.6. The van der Waals surface area contributed by atoms with E-state index in [4.69, 9.17) is 5.10 Å². The molecule has 20 heavy (non-hydrogen) atoms.